The molecule has 88 valence electrons. The fourth-order valence-electron chi connectivity index (χ4n) is 1.26. The van der Waals surface area contributed by atoms with Gasteiger partial charge in [0.25, 0.3) is 0 Å². The van der Waals surface area contributed by atoms with Crippen molar-refractivity contribution in [1.29, 1.82) is 0 Å². The summed E-state index contributed by atoms with van der Waals surface area (Å²) in [5.74, 6) is -2.18. The summed E-state index contributed by atoms with van der Waals surface area (Å²) in [5, 5.41) is 18.2. The van der Waals surface area contributed by atoms with Crippen molar-refractivity contribution < 1.29 is 24.1 Å². The van der Waals surface area contributed by atoms with Gasteiger partial charge in [-0.05, 0) is 6.07 Å². The molecule has 0 heterocycles. The molecule has 0 spiro atoms. The van der Waals surface area contributed by atoms with E-state index in [1.165, 1.54) is 7.11 Å². The van der Waals surface area contributed by atoms with E-state index in [2.05, 4.69) is 0 Å². The number of benzene rings is 1. The van der Waals surface area contributed by atoms with Gasteiger partial charge in [0, 0.05) is 18.1 Å². The molecule has 0 saturated carbocycles. The summed E-state index contributed by atoms with van der Waals surface area (Å²) >= 11 is 0. The topological polar surface area (TPSA) is 92.8 Å². The molecular formula is C10H12FNO4. The normalized spacial score (nSPS) is 12.2. The van der Waals surface area contributed by atoms with Crippen LogP contribution in [-0.4, -0.2) is 29.3 Å². The molecule has 0 aliphatic rings. The Morgan fingerprint density at radius 3 is 2.75 bits per heavy atom. The van der Waals surface area contributed by atoms with E-state index in [1.54, 1.807) is 0 Å². The minimum absolute atomic E-state index is 0.0485. The van der Waals surface area contributed by atoms with Gasteiger partial charge in [-0.1, -0.05) is 0 Å². The zero-order valence-corrected chi connectivity index (χ0v) is 8.61. The standard InChI is InChI=1S/C10H12FNO4/c1-16-8-4-6(11)2-5(9(8)13)3-7(12)10(14)15/h2,4,7,13H,3,12H2,1H3,(H,14,15). The van der Waals surface area contributed by atoms with Crippen LogP contribution in [0.25, 0.3) is 0 Å². The highest BCUT2D eigenvalue weighted by Gasteiger charge is 2.17. The van der Waals surface area contributed by atoms with Gasteiger partial charge in [-0.25, -0.2) is 4.39 Å². The van der Waals surface area contributed by atoms with Crippen LogP contribution in [0.15, 0.2) is 12.1 Å². The zero-order valence-electron chi connectivity index (χ0n) is 8.61. The number of halogens is 1. The van der Waals surface area contributed by atoms with Gasteiger partial charge in [-0.2, -0.15) is 0 Å². The molecule has 0 aliphatic carbocycles. The molecule has 1 aromatic rings. The molecule has 6 heteroatoms. The van der Waals surface area contributed by atoms with Gasteiger partial charge in [0.05, 0.1) is 7.11 Å². The largest absolute Gasteiger partial charge is 0.504 e. The molecule has 16 heavy (non-hydrogen) atoms. The number of phenolic OH excluding ortho intramolecular Hbond substituents is 1. The lowest BCUT2D eigenvalue weighted by atomic mass is 10.0. The summed E-state index contributed by atoms with van der Waals surface area (Å²) in [6.45, 7) is 0. The van der Waals surface area contributed by atoms with E-state index in [0.29, 0.717) is 0 Å². The van der Waals surface area contributed by atoms with Crippen molar-refractivity contribution in [3.8, 4) is 11.5 Å². The second-order valence-electron chi connectivity index (χ2n) is 3.26. The van der Waals surface area contributed by atoms with Crippen LogP contribution in [0.1, 0.15) is 5.56 Å². The van der Waals surface area contributed by atoms with Crippen molar-refractivity contribution in [1.82, 2.24) is 0 Å². The minimum Gasteiger partial charge on any atom is -0.504 e. The third-order valence-electron chi connectivity index (χ3n) is 2.10. The summed E-state index contributed by atoms with van der Waals surface area (Å²) in [6, 6.07) is 0.837. The van der Waals surface area contributed by atoms with E-state index in [9.17, 15) is 14.3 Å². The van der Waals surface area contributed by atoms with Crippen molar-refractivity contribution >= 4 is 5.97 Å². The second kappa shape index (κ2) is 4.80. The average Bonchev–Trinajstić information content (AvgIpc) is 2.22. The van der Waals surface area contributed by atoms with Crippen LogP contribution < -0.4 is 10.5 Å². The number of methoxy groups -OCH3 is 1. The van der Waals surface area contributed by atoms with E-state index < -0.39 is 17.8 Å². The lowest BCUT2D eigenvalue weighted by molar-refractivity contribution is -0.138. The van der Waals surface area contributed by atoms with Crippen molar-refractivity contribution in [3.05, 3.63) is 23.5 Å². The van der Waals surface area contributed by atoms with Gasteiger partial charge in [-0.15, -0.1) is 0 Å². The maximum atomic E-state index is 13.1. The summed E-state index contributed by atoms with van der Waals surface area (Å²) in [7, 11) is 1.27. The summed E-state index contributed by atoms with van der Waals surface area (Å²) in [5.41, 5.74) is 5.39. The number of ether oxygens (including phenoxy) is 1. The number of hydrogen-bond donors (Lipinski definition) is 3. The average molecular weight is 229 g/mol. The van der Waals surface area contributed by atoms with Crippen LogP contribution in [0.5, 0.6) is 11.5 Å². The van der Waals surface area contributed by atoms with Crippen molar-refractivity contribution in [2.45, 2.75) is 12.5 Å². The Balaban J connectivity index is 3.04. The fraction of sp³-hybridized carbons (Fsp3) is 0.300. The van der Waals surface area contributed by atoms with Crippen LogP contribution in [0.4, 0.5) is 4.39 Å². The Morgan fingerprint density at radius 2 is 2.25 bits per heavy atom. The van der Waals surface area contributed by atoms with Crippen molar-refractivity contribution in [2.24, 2.45) is 5.73 Å². The number of rotatable bonds is 4. The molecule has 4 N–H and O–H groups in total. The maximum Gasteiger partial charge on any atom is 0.320 e. The Morgan fingerprint density at radius 1 is 1.62 bits per heavy atom. The quantitative estimate of drug-likeness (QED) is 0.698. The highest BCUT2D eigenvalue weighted by atomic mass is 19.1. The molecular weight excluding hydrogens is 217 g/mol. The molecule has 0 saturated heterocycles. The zero-order chi connectivity index (χ0) is 12.3. The molecule has 1 unspecified atom stereocenters. The van der Waals surface area contributed by atoms with Gasteiger partial charge >= 0.3 is 5.97 Å². The molecule has 1 atom stereocenters. The molecule has 0 fully saturated rings. The highest BCUT2D eigenvalue weighted by molar-refractivity contribution is 5.73. The van der Waals surface area contributed by atoms with Crippen LogP contribution in [0, 0.1) is 5.82 Å². The Hall–Kier alpha value is -1.82. The molecule has 0 amide bonds. The first-order chi connectivity index (χ1) is 7.45. The first-order valence-corrected chi connectivity index (χ1v) is 4.49. The maximum absolute atomic E-state index is 13.1. The predicted octanol–water partition coefficient (Wildman–Crippen LogP) is 0.494. The fourth-order valence-corrected chi connectivity index (χ4v) is 1.26. The van der Waals surface area contributed by atoms with Crippen LogP contribution in [0.2, 0.25) is 0 Å². The highest BCUT2D eigenvalue weighted by Crippen LogP contribution is 2.31. The van der Waals surface area contributed by atoms with E-state index in [0.717, 1.165) is 12.1 Å². The summed E-state index contributed by atoms with van der Waals surface area (Å²) < 4.78 is 17.8. The van der Waals surface area contributed by atoms with E-state index in [1.807, 2.05) is 0 Å². The van der Waals surface area contributed by atoms with Gasteiger partial charge in [0.1, 0.15) is 11.9 Å². The first kappa shape index (κ1) is 12.3. The Labute approximate surface area is 91.3 Å². The number of carboxylic acids is 1. The van der Waals surface area contributed by atoms with E-state index in [4.69, 9.17) is 15.6 Å². The van der Waals surface area contributed by atoms with Crippen LogP contribution in [0.3, 0.4) is 0 Å². The summed E-state index contributed by atoms with van der Waals surface area (Å²) in [6.07, 6.45) is -0.171. The molecule has 1 rings (SSSR count). The predicted molar refractivity (Wildman–Crippen MR) is 53.9 cm³/mol. The first-order valence-electron chi connectivity index (χ1n) is 4.49. The summed E-state index contributed by atoms with van der Waals surface area (Å²) in [4.78, 5) is 10.5. The third kappa shape index (κ3) is 2.60. The van der Waals surface area contributed by atoms with Crippen molar-refractivity contribution in [3.63, 3.8) is 0 Å². The second-order valence-corrected chi connectivity index (χ2v) is 3.26. The molecule has 0 radical (unpaired) electrons. The lowest BCUT2D eigenvalue weighted by Crippen LogP contribution is -2.32. The van der Waals surface area contributed by atoms with Gasteiger partial charge in [0.2, 0.25) is 0 Å². The minimum atomic E-state index is -1.22. The van der Waals surface area contributed by atoms with Gasteiger partial charge in [-0.3, -0.25) is 4.79 Å². The van der Waals surface area contributed by atoms with Crippen LogP contribution >= 0.6 is 0 Å². The third-order valence-corrected chi connectivity index (χ3v) is 2.10. The Kier molecular flexibility index (Phi) is 3.68. The number of aromatic hydroxyl groups is 1. The molecule has 5 nitrogen and oxygen atoms in total. The SMILES string of the molecule is COc1cc(F)cc(CC(N)C(=O)O)c1O. The van der Waals surface area contributed by atoms with Gasteiger partial charge < -0.3 is 20.7 Å². The smallest absolute Gasteiger partial charge is 0.320 e. The van der Waals surface area contributed by atoms with E-state index >= 15 is 0 Å². The molecule has 0 bridgehead atoms. The molecule has 0 aromatic heterocycles. The number of nitrogens with two attached hydrogens (primary N) is 1. The Bertz CT molecular complexity index is 408. The van der Waals surface area contributed by atoms with Crippen molar-refractivity contribution in [2.75, 3.05) is 7.11 Å². The number of carbonyl (C=O) groups is 1. The van der Waals surface area contributed by atoms with Crippen LogP contribution in [-0.2, 0) is 11.2 Å². The number of phenols is 1. The monoisotopic (exact) mass is 229 g/mol. The molecule has 0 aliphatic heterocycles. The molecule has 1 aromatic carbocycles. The lowest BCUT2D eigenvalue weighted by Gasteiger charge is -2.11. The number of carboxylic acid groups (broad SMARTS) is 1. The van der Waals surface area contributed by atoms with Gasteiger partial charge in [0.15, 0.2) is 11.5 Å². The van der Waals surface area contributed by atoms with E-state index in [-0.39, 0.29) is 23.5 Å². The number of hydrogen-bond acceptors (Lipinski definition) is 4. The number of aliphatic carboxylic acids is 1.